The number of aryl methyl sites for hydroxylation is 1. The van der Waals surface area contributed by atoms with Gasteiger partial charge in [0.05, 0.1) is 5.56 Å². The Balaban J connectivity index is 1.76. The van der Waals surface area contributed by atoms with Gasteiger partial charge >= 0.3 is 0 Å². The maximum atomic E-state index is 11.1. The van der Waals surface area contributed by atoms with Gasteiger partial charge in [0, 0.05) is 30.9 Å². The summed E-state index contributed by atoms with van der Waals surface area (Å²) in [5, 5.41) is 0. The molecule has 1 amide bonds. The molecule has 3 rings (SSSR count). The van der Waals surface area contributed by atoms with Crippen LogP contribution >= 0.6 is 0 Å². The van der Waals surface area contributed by atoms with E-state index < -0.39 is 5.91 Å². The molecule has 144 valence electrons. The average molecular weight is 367 g/mol. The van der Waals surface area contributed by atoms with Gasteiger partial charge in [-0.2, -0.15) is 0 Å². The van der Waals surface area contributed by atoms with Gasteiger partial charge in [0.15, 0.2) is 0 Å². The zero-order valence-electron chi connectivity index (χ0n) is 16.6. The maximum absolute atomic E-state index is 11.1. The van der Waals surface area contributed by atoms with Crippen LogP contribution in [0.5, 0.6) is 11.6 Å². The van der Waals surface area contributed by atoms with E-state index in [-0.39, 0.29) is 0 Å². The molecule has 1 aliphatic carbocycles. The number of hydrogen-bond donors (Lipinski definition) is 1. The number of amides is 1. The van der Waals surface area contributed by atoms with Crippen molar-refractivity contribution < 1.29 is 9.53 Å². The van der Waals surface area contributed by atoms with E-state index in [1.807, 2.05) is 6.07 Å². The lowest BCUT2D eigenvalue weighted by Gasteiger charge is -2.34. The van der Waals surface area contributed by atoms with Crippen LogP contribution in [0.25, 0.3) is 0 Å². The monoisotopic (exact) mass is 367 g/mol. The molecule has 5 nitrogen and oxygen atoms in total. The Kier molecular flexibility index (Phi) is 5.80. The fourth-order valence-corrected chi connectivity index (χ4v) is 3.81. The minimum Gasteiger partial charge on any atom is -0.439 e. The van der Waals surface area contributed by atoms with E-state index in [0.29, 0.717) is 29.4 Å². The van der Waals surface area contributed by atoms with Crippen molar-refractivity contribution in [1.29, 1.82) is 0 Å². The van der Waals surface area contributed by atoms with E-state index >= 15 is 0 Å². The van der Waals surface area contributed by atoms with Crippen LogP contribution < -0.4 is 10.5 Å². The first-order chi connectivity index (χ1) is 12.8. The number of pyridine rings is 1. The summed E-state index contributed by atoms with van der Waals surface area (Å²) in [4.78, 5) is 17.9. The molecule has 0 aliphatic heterocycles. The number of carbonyl (C=O) groups is 1. The highest BCUT2D eigenvalue weighted by Crippen LogP contribution is 2.39. The summed E-state index contributed by atoms with van der Waals surface area (Å²) in [6.07, 6.45) is 3.65. The highest BCUT2D eigenvalue weighted by atomic mass is 16.5. The van der Waals surface area contributed by atoms with E-state index in [1.165, 1.54) is 17.3 Å². The summed E-state index contributed by atoms with van der Waals surface area (Å²) in [7, 11) is 0. The minimum absolute atomic E-state index is 0.373. The number of fused-ring (bicyclic) bond motifs is 1. The molecule has 1 unspecified atom stereocenters. The summed E-state index contributed by atoms with van der Waals surface area (Å²) in [5.41, 5.74) is 8.37. The number of hydrogen-bond acceptors (Lipinski definition) is 4. The largest absolute Gasteiger partial charge is 0.439 e. The SMILES string of the molecule is CC(C)CN(C(C)C)C1CCc2cc(Oc3ccc(C(N)=O)cn3)ccc21. The van der Waals surface area contributed by atoms with Gasteiger partial charge in [0.25, 0.3) is 0 Å². The van der Waals surface area contributed by atoms with Crippen LogP contribution in [0.15, 0.2) is 36.5 Å². The molecule has 1 heterocycles. The first kappa shape index (κ1) is 19.4. The van der Waals surface area contributed by atoms with Gasteiger partial charge in [-0.3, -0.25) is 9.69 Å². The normalized spacial score (nSPS) is 16.2. The molecule has 2 N–H and O–H groups in total. The van der Waals surface area contributed by atoms with Gasteiger partial charge < -0.3 is 10.5 Å². The molecule has 5 heteroatoms. The number of nitrogens with zero attached hydrogens (tertiary/aromatic N) is 2. The summed E-state index contributed by atoms with van der Waals surface area (Å²) in [6.45, 7) is 10.2. The Labute approximate surface area is 161 Å². The van der Waals surface area contributed by atoms with Crippen LogP contribution in [0.3, 0.4) is 0 Å². The highest BCUT2D eigenvalue weighted by molar-refractivity contribution is 5.92. The van der Waals surface area contributed by atoms with Gasteiger partial charge in [-0.25, -0.2) is 4.98 Å². The molecule has 0 bridgehead atoms. The molecule has 27 heavy (non-hydrogen) atoms. The van der Waals surface area contributed by atoms with Gasteiger partial charge in [-0.1, -0.05) is 19.9 Å². The van der Waals surface area contributed by atoms with Crippen molar-refractivity contribution in [2.45, 2.75) is 52.6 Å². The third kappa shape index (κ3) is 4.48. The molecule has 1 aromatic carbocycles. The van der Waals surface area contributed by atoms with Gasteiger partial charge in [-0.05, 0) is 61.9 Å². The number of aromatic nitrogens is 1. The molecular formula is C22H29N3O2. The van der Waals surface area contributed by atoms with Crippen LogP contribution in [0.4, 0.5) is 0 Å². The van der Waals surface area contributed by atoms with Crippen molar-refractivity contribution in [2.75, 3.05) is 6.54 Å². The molecule has 0 saturated carbocycles. The fraction of sp³-hybridized carbons (Fsp3) is 0.455. The first-order valence-electron chi connectivity index (χ1n) is 9.67. The van der Waals surface area contributed by atoms with Crippen molar-refractivity contribution in [1.82, 2.24) is 9.88 Å². The number of ether oxygens (including phenoxy) is 1. The Morgan fingerprint density at radius 2 is 2.04 bits per heavy atom. The van der Waals surface area contributed by atoms with E-state index in [4.69, 9.17) is 10.5 Å². The maximum Gasteiger partial charge on any atom is 0.250 e. The summed E-state index contributed by atoms with van der Waals surface area (Å²) >= 11 is 0. The van der Waals surface area contributed by atoms with E-state index in [0.717, 1.165) is 25.1 Å². The predicted octanol–water partition coefficient (Wildman–Crippen LogP) is 4.33. The van der Waals surface area contributed by atoms with E-state index in [9.17, 15) is 4.79 Å². The smallest absolute Gasteiger partial charge is 0.250 e. The zero-order chi connectivity index (χ0) is 19.6. The molecule has 0 fully saturated rings. The summed E-state index contributed by atoms with van der Waals surface area (Å²) < 4.78 is 5.87. The lowest BCUT2D eigenvalue weighted by Crippen LogP contribution is -2.36. The Bertz CT molecular complexity index is 800. The second-order valence-corrected chi connectivity index (χ2v) is 7.95. The van der Waals surface area contributed by atoms with Crippen LogP contribution in [0.1, 0.15) is 61.6 Å². The van der Waals surface area contributed by atoms with Crippen LogP contribution in [0, 0.1) is 5.92 Å². The standard InChI is InChI=1S/C22H29N3O2/c1-14(2)13-25(15(3)4)20-9-5-16-11-18(7-8-19(16)20)27-21-10-6-17(12-24-21)22(23)26/h6-8,10-12,14-15,20H,5,9,13H2,1-4H3,(H2,23,26). The summed E-state index contributed by atoms with van der Waals surface area (Å²) in [6, 6.07) is 10.6. The number of rotatable bonds is 7. The fourth-order valence-electron chi connectivity index (χ4n) is 3.81. The molecule has 0 radical (unpaired) electrons. The summed E-state index contributed by atoms with van der Waals surface area (Å²) in [5.74, 6) is 1.38. The van der Waals surface area contributed by atoms with Crippen molar-refractivity contribution in [3.8, 4) is 11.6 Å². The highest BCUT2D eigenvalue weighted by Gasteiger charge is 2.30. The molecule has 1 atom stereocenters. The quantitative estimate of drug-likeness (QED) is 0.791. The molecule has 0 saturated heterocycles. The number of carbonyl (C=O) groups excluding carboxylic acids is 1. The Morgan fingerprint density at radius 3 is 2.63 bits per heavy atom. The second kappa shape index (κ2) is 8.09. The van der Waals surface area contributed by atoms with Gasteiger partial charge in [0.1, 0.15) is 5.75 Å². The third-order valence-corrected chi connectivity index (χ3v) is 5.04. The van der Waals surface area contributed by atoms with Crippen LogP contribution in [-0.4, -0.2) is 28.4 Å². The predicted molar refractivity (Wildman–Crippen MR) is 107 cm³/mol. The second-order valence-electron chi connectivity index (χ2n) is 7.95. The van der Waals surface area contributed by atoms with Crippen molar-refractivity contribution in [3.63, 3.8) is 0 Å². The van der Waals surface area contributed by atoms with Crippen molar-refractivity contribution >= 4 is 5.91 Å². The first-order valence-corrected chi connectivity index (χ1v) is 9.67. The average Bonchev–Trinajstić information content (AvgIpc) is 3.02. The third-order valence-electron chi connectivity index (χ3n) is 5.04. The number of primary amides is 1. The number of benzene rings is 1. The Hall–Kier alpha value is -2.40. The van der Waals surface area contributed by atoms with E-state index in [1.54, 1.807) is 12.1 Å². The van der Waals surface area contributed by atoms with Crippen LogP contribution in [-0.2, 0) is 6.42 Å². The van der Waals surface area contributed by atoms with E-state index in [2.05, 4.69) is 49.7 Å². The van der Waals surface area contributed by atoms with Crippen molar-refractivity contribution in [3.05, 3.63) is 53.2 Å². The molecule has 1 aliphatic rings. The minimum atomic E-state index is -0.492. The number of nitrogens with two attached hydrogens (primary N) is 1. The Morgan fingerprint density at radius 1 is 1.26 bits per heavy atom. The molecule has 2 aromatic rings. The molecule has 0 spiro atoms. The molecular weight excluding hydrogens is 338 g/mol. The lowest BCUT2D eigenvalue weighted by molar-refractivity contribution is 0.1000. The van der Waals surface area contributed by atoms with Gasteiger partial charge in [-0.15, -0.1) is 0 Å². The topological polar surface area (TPSA) is 68.5 Å². The molecule has 1 aromatic heterocycles. The van der Waals surface area contributed by atoms with Crippen LogP contribution in [0.2, 0.25) is 0 Å². The zero-order valence-corrected chi connectivity index (χ0v) is 16.6. The lowest BCUT2D eigenvalue weighted by atomic mass is 10.0. The van der Waals surface area contributed by atoms with Gasteiger partial charge in [0.2, 0.25) is 11.8 Å². The van der Waals surface area contributed by atoms with Crippen molar-refractivity contribution in [2.24, 2.45) is 11.7 Å².